The summed E-state index contributed by atoms with van der Waals surface area (Å²) in [4.78, 5) is 31.0. The number of carbonyl (C=O) groups excluding carboxylic acids is 1. The highest BCUT2D eigenvalue weighted by Gasteiger charge is 2.42. The van der Waals surface area contributed by atoms with Crippen molar-refractivity contribution in [1.82, 2.24) is 9.80 Å². The van der Waals surface area contributed by atoms with E-state index in [9.17, 15) is 9.59 Å². The maximum Gasteiger partial charge on any atom is 0.290 e. The molecule has 0 fully saturated rings. The highest BCUT2D eigenvalue weighted by atomic mass is 79.9. The van der Waals surface area contributed by atoms with Crippen LogP contribution in [0.1, 0.15) is 48.0 Å². The zero-order valence-corrected chi connectivity index (χ0v) is 20.7. The quantitative estimate of drug-likeness (QED) is 0.386. The summed E-state index contributed by atoms with van der Waals surface area (Å²) in [5.41, 5.74) is 1.60. The van der Waals surface area contributed by atoms with Crippen molar-refractivity contribution in [3.63, 3.8) is 0 Å². The number of halogens is 2. The summed E-state index contributed by atoms with van der Waals surface area (Å²) in [5.74, 6) is -0.0610. The van der Waals surface area contributed by atoms with Gasteiger partial charge in [-0.1, -0.05) is 57.8 Å². The Balaban J connectivity index is 1.81. The van der Waals surface area contributed by atoms with Gasteiger partial charge in [-0.05, 0) is 62.0 Å². The Kier molecular flexibility index (Phi) is 6.65. The van der Waals surface area contributed by atoms with Crippen molar-refractivity contribution < 1.29 is 9.21 Å². The number of hydrogen-bond acceptors (Lipinski definition) is 4. The summed E-state index contributed by atoms with van der Waals surface area (Å²) in [6, 6.07) is 12.6. The fourth-order valence-corrected chi connectivity index (χ4v) is 5.03. The van der Waals surface area contributed by atoms with Crippen molar-refractivity contribution in [2.24, 2.45) is 0 Å². The zero-order chi connectivity index (χ0) is 22.1. The van der Waals surface area contributed by atoms with E-state index < -0.39 is 6.04 Å². The predicted octanol–water partition coefficient (Wildman–Crippen LogP) is 5.60. The van der Waals surface area contributed by atoms with Gasteiger partial charge in [0.05, 0.1) is 17.0 Å². The summed E-state index contributed by atoms with van der Waals surface area (Å²) >= 11 is 6.96. The van der Waals surface area contributed by atoms with Gasteiger partial charge in [-0.25, -0.2) is 0 Å². The largest absolute Gasteiger partial charge is 0.450 e. The molecule has 1 atom stereocenters. The van der Waals surface area contributed by atoms with Crippen molar-refractivity contribution in [1.29, 1.82) is 0 Å². The molecule has 0 spiro atoms. The minimum atomic E-state index is -0.462. The minimum absolute atomic E-state index is 0.151. The van der Waals surface area contributed by atoms with E-state index in [4.69, 9.17) is 4.42 Å². The molecule has 0 saturated heterocycles. The van der Waals surface area contributed by atoms with Gasteiger partial charge in [0.2, 0.25) is 5.76 Å². The van der Waals surface area contributed by atoms with Crippen molar-refractivity contribution in [3.05, 3.63) is 78.5 Å². The van der Waals surface area contributed by atoms with Gasteiger partial charge in [-0.2, -0.15) is 0 Å². The molecule has 1 aliphatic heterocycles. The first-order valence-corrected chi connectivity index (χ1v) is 12.1. The topological polar surface area (TPSA) is 53.8 Å². The lowest BCUT2D eigenvalue weighted by atomic mass is 9.98. The molecule has 3 aromatic rings. The Morgan fingerprint density at radius 3 is 2.48 bits per heavy atom. The molecule has 1 aliphatic rings. The Morgan fingerprint density at radius 1 is 1.03 bits per heavy atom. The van der Waals surface area contributed by atoms with Gasteiger partial charge >= 0.3 is 0 Å². The van der Waals surface area contributed by atoms with Gasteiger partial charge in [0, 0.05) is 15.5 Å². The number of carbonyl (C=O) groups is 1. The van der Waals surface area contributed by atoms with Crippen LogP contribution in [0.2, 0.25) is 0 Å². The zero-order valence-electron chi connectivity index (χ0n) is 17.5. The first kappa shape index (κ1) is 22.2. The van der Waals surface area contributed by atoms with Crippen LogP contribution < -0.4 is 5.43 Å². The fourth-order valence-electron chi connectivity index (χ4n) is 4.25. The van der Waals surface area contributed by atoms with Gasteiger partial charge in [0.15, 0.2) is 5.43 Å². The fraction of sp³-hybridized carbons (Fsp3) is 0.333. The molecule has 2 heterocycles. The number of rotatable bonds is 7. The van der Waals surface area contributed by atoms with E-state index in [-0.39, 0.29) is 17.1 Å². The van der Waals surface area contributed by atoms with Gasteiger partial charge in [-0.3, -0.25) is 9.59 Å². The van der Waals surface area contributed by atoms with Crippen molar-refractivity contribution >= 4 is 48.7 Å². The second-order valence-electron chi connectivity index (χ2n) is 7.65. The molecular weight excluding hydrogens is 524 g/mol. The van der Waals surface area contributed by atoms with Gasteiger partial charge in [-0.15, -0.1) is 0 Å². The second kappa shape index (κ2) is 9.27. The molecule has 31 heavy (non-hydrogen) atoms. The highest BCUT2D eigenvalue weighted by molar-refractivity contribution is 9.10. The molecule has 1 unspecified atom stereocenters. The smallest absolute Gasteiger partial charge is 0.290 e. The van der Waals surface area contributed by atoms with Gasteiger partial charge < -0.3 is 14.2 Å². The maximum absolute atomic E-state index is 13.5. The average molecular weight is 548 g/mol. The molecule has 5 nitrogen and oxygen atoms in total. The van der Waals surface area contributed by atoms with E-state index in [1.807, 2.05) is 30.3 Å². The molecule has 0 N–H and O–H groups in total. The molecule has 0 saturated carbocycles. The summed E-state index contributed by atoms with van der Waals surface area (Å²) in [6.45, 7) is 7.67. The summed E-state index contributed by atoms with van der Waals surface area (Å²) in [5, 5.41) is 0.478. The number of fused-ring (bicyclic) bond motifs is 2. The Labute approximate surface area is 198 Å². The molecule has 162 valence electrons. The molecule has 0 radical (unpaired) electrons. The van der Waals surface area contributed by atoms with E-state index in [0.29, 0.717) is 23.1 Å². The number of benzene rings is 2. The van der Waals surface area contributed by atoms with Gasteiger partial charge in [0.1, 0.15) is 5.58 Å². The van der Waals surface area contributed by atoms with Crippen LogP contribution in [0, 0.1) is 0 Å². The van der Waals surface area contributed by atoms with E-state index in [1.54, 1.807) is 17.0 Å². The minimum Gasteiger partial charge on any atom is -0.450 e. The third kappa shape index (κ3) is 4.23. The van der Waals surface area contributed by atoms with Crippen LogP contribution in [0.3, 0.4) is 0 Å². The Hall–Kier alpha value is -1.96. The predicted molar refractivity (Wildman–Crippen MR) is 130 cm³/mol. The Morgan fingerprint density at radius 2 is 1.77 bits per heavy atom. The van der Waals surface area contributed by atoms with E-state index in [0.717, 1.165) is 40.6 Å². The maximum atomic E-state index is 13.5. The van der Waals surface area contributed by atoms with Crippen LogP contribution in [-0.4, -0.2) is 41.9 Å². The van der Waals surface area contributed by atoms with Crippen LogP contribution in [0.4, 0.5) is 0 Å². The first-order chi connectivity index (χ1) is 14.9. The summed E-state index contributed by atoms with van der Waals surface area (Å²) < 4.78 is 7.70. The van der Waals surface area contributed by atoms with Crippen LogP contribution in [0.15, 0.2) is 60.6 Å². The molecule has 7 heteroatoms. The summed E-state index contributed by atoms with van der Waals surface area (Å²) in [7, 11) is 0. The molecule has 0 aliphatic carbocycles. The number of nitrogens with zero attached hydrogens (tertiary/aromatic N) is 2. The number of amides is 1. The van der Waals surface area contributed by atoms with Crippen LogP contribution in [-0.2, 0) is 0 Å². The summed E-state index contributed by atoms with van der Waals surface area (Å²) in [6.07, 6.45) is 0.825. The van der Waals surface area contributed by atoms with Crippen molar-refractivity contribution in [2.45, 2.75) is 26.3 Å². The van der Waals surface area contributed by atoms with Crippen LogP contribution >= 0.6 is 31.9 Å². The van der Waals surface area contributed by atoms with Gasteiger partial charge in [0.25, 0.3) is 5.91 Å². The van der Waals surface area contributed by atoms with E-state index in [2.05, 4.69) is 50.6 Å². The monoisotopic (exact) mass is 546 g/mol. The van der Waals surface area contributed by atoms with Crippen LogP contribution in [0.25, 0.3) is 11.0 Å². The first-order valence-electron chi connectivity index (χ1n) is 10.5. The van der Waals surface area contributed by atoms with Crippen molar-refractivity contribution in [2.75, 3.05) is 26.2 Å². The van der Waals surface area contributed by atoms with E-state index in [1.165, 1.54) is 0 Å². The molecule has 1 amide bonds. The molecular formula is C24H24Br2N2O3. The lowest BCUT2D eigenvalue weighted by Crippen LogP contribution is -2.33. The SMILES string of the molecule is CCN(CC)CCCN1C(=O)c2oc3ccc(Br)cc3c(=O)c2C1c1cccc(Br)c1. The molecule has 1 aromatic heterocycles. The highest BCUT2D eigenvalue weighted by Crippen LogP contribution is 2.39. The number of hydrogen-bond donors (Lipinski definition) is 0. The second-order valence-corrected chi connectivity index (χ2v) is 9.48. The third-order valence-corrected chi connectivity index (χ3v) is 6.85. The Bertz CT molecular complexity index is 1190. The average Bonchev–Trinajstić information content (AvgIpc) is 3.04. The lowest BCUT2D eigenvalue weighted by Gasteiger charge is -2.26. The molecule has 2 aromatic carbocycles. The molecule has 0 bridgehead atoms. The standard InChI is InChI=1S/C24H24Br2N2O3/c1-3-27(4-2)11-6-12-28-21(15-7-5-8-16(25)13-15)20-22(29)18-14-17(26)9-10-19(18)31-23(20)24(28)30/h5,7-10,13-14,21H,3-4,6,11-12H2,1-2H3. The van der Waals surface area contributed by atoms with Crippen LogP contribution in [0.5, 0.6) is 0 Å². The van der Waals surface area contributed by atoms with E-state index >= 15 is 0 Å². The van der Waals surface area contributed by atoms with Crippen molar-refractivity contribution in [3.8, 4) is 0 Å². The third-order valence-electron chi connectivity index (χ3n) is 5.86. The normalized spacial score (nSPS) is 15.8. The lowest BCUT2D eigenvalue weighted by molar-refractivity contribution is 0.0720. The molecule has 4 rings (SSSR count).